The first-order valence-electron chi connectivity index (χ1n) is 45.1. The Bertz CT molecular complexity index is 2490. The highest BCUT2D eigenvalue weighted by Crippen LogP contribution is 2.38. The fourth-order valence-corrected chi connectivity index (χ4v) is 16.2. The predicted molar refractivity (Wildman–Crippen MR) is 431 cm³/mol. The minimum absolute atomic E-state index is 0.0220. The van der Waals surface area contributed by atoms with E-state index < -0.39 is 199 Å². The highest BCUT2D eigenvalue weighted by Gasteiger charge is 2.57. The third-order valence-corrected chi connectivity index (χ3v) is 23.6. The molecule has 19 N–H and O–H groups in total. The number of aliphatic hydroxyl groups excluding tert-OH is 16. The van der Waals surface area contributed by atoms with Crippen LogP contribution in [-0.2, 0) is 61.8 Å². The van der Waals surface area contributed by atoms with Crippen molar-refractivity contribution in [3.63, 3.8) is 0 Å². The molecule has 5 heterocycles. The molecule has 117 heavy (non-hydrogen) atoms. The molecular weight excluding hydrogens is 1530 g/mol. The highest BCUT2D eigenvalue weighted by atomic mass is 16.8. The Morgan fingerprint density at radius 1 is 0.368 bits per heavy atom. The molecule has 688 valence electrons. The van der Waals surface area contributed by atoms with Crippen molar-refractivity contribution in [2.45, 2.75) is 444 Å². The molecule has 0 aromatic rings. The van der Waals surface area contributed by atoms with Gasteiger partial charge in [0.2, 0.25) is 17.7 Å². The summed E-state index contributed by atoms with van der Waals surface area (Å²) in [6.45, 7) is 5.06. The van der Waals surface area contributed by atoms with E-state index in [1.165, 1.54) is 194 Å². The van der Waals surface area contributed by atoms with E-state index in [9.17, 15) is 96.1 Å². The molecule has 26 unspecified atom stereocenters. The molecule has 5 fully saturated rings. The summed E-state index contributed by atoms with van der Waals surface area (Å²) in [4.78, 5) is 41.0. The van der Waals surface area contributed by atoms with Crippen molar-refractivity contribution < 1.29 is 143 Å². The van der Waals surface area contributed by atoms with E-state index in [-0.39, 0.29) is 37.2 Å². The van der Waals surface area contributed by atoms with Gasteiger partial charge in [-0.3, -0.25) is 19.7 Å². The zero-order valence-electron chi connectivity index (χ0n) is 70.9. The maximum atomic E-state index is 13.7. The summed E-state index contributed by atoms with van der Waals surface area (Å²) in [5.74, 6) is -1.65. The van der Waals surface area contributed by atoms with Gasteiger partial charge in [0.25, 0.3) is 0 Å². The van der Waals surface area contributed by atoms with Crippen molar-refractivity contribution in [2.75, 3.05) is 65.8 Å². The van der Waals surface area contributed by atoms with E-state index in [4.69, 9.17) is 47.4 Å². The Balaban J connectivity index is 0.991. The van der Waals surface area contributed by atoms with E-state index in [0.717, 1.165) is 38.8 Å². The first-order valence-corrected chi connectivity index (χ1v) is 45.1. The molecule has 0 bridgehead atoms. The van der Waals surface area contributed by atoms with Gasteiger partial charge in [0, 0.05) is 51.9 Å². The van der Waals surface area contributed by atoms with E-state index in [1.807, 2.05) is 4.90 Å². The zero-order valence-corrected chi connectivity index (χ0v) is 70.9. The number of ether oxygens (including phenoxy) is 10. The summed E-state index contributed by atoms with van der Waals surface area (Å²) in [6.07, 6.45) is 1.57. The SMILES string of the molecule is CCCCCCCCCCCCCCCCCCN(CCCCCCCCCCCCCCCCCC)C(=O)CCC(=O)NCCCNC(O)[C@H](CCCCCCOC1OC(CO)C(OC2OC(CO)C(OC3OC(CO)C(O)C(OC4OC(CO)C(O)C(OC5OC(CO)C(O)C(O)C5O)C4C)C3O)C(O)C2O)C(O)C1O)NC(C)=O. The van der Waals surface area contributed by atoms with Crippen LogP contribution >= 0.6 is 0 Å². The molecule has 5 aliphatic heterocycles. The number of unbranched alkanes of at least 4 members (excludes halogenated alkanes) is 33. The molecule has 5 rings (SSSR count). The minimum atomic E-state index is -2.10. The number of aliphatic hydroxyl groups is 16. The molecule has 33 heteroatoms. The maximum absolute atomic E-state index is 13.7. The van der Waals surface area contributed by atoms with E-state index in [2.05, 4.69) is 29.8 Å². The lowest BCUT2D eigenvalue weighted by Gasteiger charge is -2.50. The van der Waals surface area contributed by atoms with Crippen molar-refractivity contribution >= 4 is 17.7 Å². The Labute approximate surface area is 695 Å². The largest absolute Gasteiger partial charge is 0.394 e. The first kappa shape index (κ1) is 105. The molecule has 5 aliphatic rings. The molecule has 0 spiro atoms. The summed E-state index contributed by atoms with van der Waals surface area (Å²) in [5, 5.41) is 182. The van der Waals surface area contributed by atoms with Crippen LogP contribution in [0.1, 0.15) is 285 Å². The number of carbonyl (C=O) groups excluding carboxylic acids is 3. The fourth-order valence-electron chi connectivity index (χ4n) is 16.2. The lowest BCUT2D eigenvalue weighted by Crippen LogP contribution is -2.67. The van der Waals surface area contributed by atoms with Gasteiger partial charge in [-0.25, -0.2) is 0 Å². The van der Waals surface area contributed by atoms with Gasteiger partial charge in [-0.2, -0.15) is 0 Å². The summed E-state index contributed by atoms with van der Waals surface area (Å²) < 4.78 is 58.0. The molecule has 0 saturated carbocycles. The Kier molecular flexibility index (Phi) is 54.5. The Morgan fingerprint density at radius 3 is 1.18 bits per heavy atom. The molecule has 0 aromatic carbocycles. The summed E-state index contributed by atoms with van der Waals surface area (Å²) in [5.41, 5.74) is 0. The third kappa shape index (κ3) is 37.2. The van der Waals surface area contributed by atoms with Crippen LogP contribution in [0.5, 0.6) is 0 Å². The van der Waals surface area contributed by atoms with Crippen molar-refractivity contribution in [1.82, 2.24) is 20.9 Å². The van der Waals surface area contributed by atoms with Crippen LogP contribution in [0.4, 0.5) is 0 Å². The van der Waals surface area contributed by atoms with Gasteiger partial charge in [-0.05, 0) is 38.6 Å². The van der Waals surface area contributed by atoms with Crippen molar-refractivity contribution in [3.05, 3.63) is 0 Å². The van der Waals surface area contributed by atoms with Crippen LogP contribution in [0.25, 0.3) is 0 Å². The highest BCUT2D eigenvalue weighted by molar-refractivity contribution is 5.83. The normalized spacial score (nSPS) is 32.1. The maximum Gasteiger partial charge on any atom is 0.223 e. The summed E-state index contributed by atoms with van der Waals surface area (Å²) in [7, 11) is 0. The van der Waals surface area contributed by atoms with Gasteiger partial charge in [0.05, 0.1) is 45.2 Å². The number of amides is 3. The molecular formula is C84H158N4O29. The molecule has 0 aromatic heterocycles. The van der Waals surface area contributed by atoms with Gasteiger partial charge < -0.3 is 145 Å². The van der Waals surface area contributed by atoms with Crippen LogP contribution < -0.4 is 16.0 Å². The van der Waals surface area contributed by atoms with Gasteiger partial charge in [-0.15, -0.1) is 0 Å². The standard InChI is InChI=1S/C84H158N4O29/c1-5-7-9-11-13-15-17-19-21-23-25-27-29-31-34-38-47-88(48-39-35-32-30-28-26-24-22-20-18-16-14-12-10-8-6-2)64(96)44-43-63(95)85-45-41-46-86-79(107)57(87-56(4)94)42-37-33-36-40-49-108-81-72(104)69(101)76(61(53-92)112-81)115-83-73(105)70(102)77(62(54-93)113-83)116-84-74(106)78(67(99)60(52-91)111-84)117-80-55(3)75(66(98)59(51-90)109-80)114-82-71(103)68(100)65(97)58(50-89)110-82/h55,57-62,65-84,86,89-93,97-107H,5-54H2,1-4H3,(H,85,95)(H,87,94)/t55?,57-,58?,59?,60?,61?,62?,65?,66?,67?,68?,69?,70?,71?,72?,73?,74?,75?,76?,77?,78?,79?,80?,81?,82?,83?,84?/m0/s1. The van der Waals surface area contributed by atoms with E-state index in [0.29, 0.717) is 51.6 Å². The number of rotatable bonds is 65. The number of nitrogens with zero attached hydrogens (tertiary/aromatic N) is 1. The van der Waals surface area contributed by atoms with Crippen LogP contribution in [-0.4, -0.2) is 330 Å². The quantitative estimate of drug-likeness (QED) is 0.0306. The molecule has 5 saturated heterocycles. The summed E-state index contributed by atoms with van der Waals surface area (Å²) >= 11 is 0. The van der Waals surface area contributed by atoms with Crippen molar-refractivity contribution in [3.8, 4) is 0 Å². The third-order valence-electron chi connectivity index (χ3n) is 23.6. The van der Waals surface area contributed by atoms with Gasteiger partial charge in [0.1, 0.15) is 116 Å². The Morgan fingerprint density at radius 2 is 0.726 bits per heavy atom. The van der Waals surface area contributed by atoms with Crippen LogP contribution in [0.15, 0.2) is 0 Å². The van der Waals surface area contributed by atoms with Gasteiger partial charge in [0.15, 0.2) is 31.5 Å². The number of hydrogen-bond donors (Lipinski definition) is 19. The van der Waals surface area contributed by atoms with Crippen LogP contribution in [0, 0.1) is 5.92 Å². The van der Waals surface area contributed by atoms with Crippen molar-refractivity contribution in [1.29, 1.82) is 0 Å². The second-order valence-corrected chi connectivity index (χ2v) is 33.3. The van der Waals surface area contributed by atoms with Crippen LogP contribution in [0.3, 0.4) is 0 Å². The van der Waals surface area contributed by atoms with Crippen LogP contribution in [0.2, 0.25) is 0 Å². The molecule has 3 amide bonds. The van der Waals surface area contributed by atoms with E-state index in [1.54, 1.807) is 0 Å². The topological polar surface area (TPSA) is 507 Å². The smallest absolute Gasteiger partial charge is 0.223 e. The fraction of sp³-hybridized carbons (Fsp3) is 0.964. The molecule has 0 radical (unpaired) electrons. The molecule has 33 nitrogen and oxygen atoms in total. The zero-order chi connectivity index (χ0) is 85.4. The lowest BCUT2D eigenvalue weighted by atomic mass is 9.91. The average Bonchev–Trinajstić information content (AvgIpc) is 0.774. The van der Waals surface area contributed by atoms with Gasteiger partial charge in [-0.1, -0.05) is 233 Å². The molecule has 0 aliphatic carbocycles. The predicted octanol–water partition coefficient (Wildman–Crippen LogP) is 3.38. The van der Waals surface area contributed by atoms with Crippen molar-refractivity contribution in [2.24, 2.45) is 5.92 Å². The number of nitrogens with one attached hydrogen (secondary N) is 3. The number of carbonyl (C=O) groups is 3. The monoisotopic (exact) mass is 1690 g/mol. The Hall–Kier alpha value is -2.67. The molecule has 27 atom stereocenters. The number of hydrogen-bond acceptors (Lipinski definition) is 30. The minimum Gasteiger partial charge on any atom is -0.394 e. The second-order valence-electron chi connectivity index (χ2n) is 33.3. The summed E-state index contributed by atoms with van der Waals surface area (Å²) in [6, 6.07) is -0.629. The second kappa shape index (κ2) is 60.8. The van der Waals surface area contributed by atoms with E-state index >= 15 is 0 Å². The average molecular weight is 1690 g/mol. The van der Waals surface area contributed by atoms with Gasteiger partial charge >= 0.3 is 0 Å². The lowest BCUT2D eigenvalue weighted by molar-refractivity contribution is -0.391. The first-order chi connectivity index (χ1) is 56.5.